The lowest BCUT2D eigenvalue weighted by Gasteiger charge is -2.18. The van der Waals surface area contributed by atoms with Gasteiger partial charge in [-0.25, -0.2) is 0 Å². The molecule has 0 fully saturated rings. The average molecular weight is 293 g/mol. The summed E-state index contributed by atoms with van der Waals surface area (Å²) in [6.07, 6.45) is 0.842. The SMILES string of the molecule is CCC(C)C(O)CNC(=O)CC(C)c1ccc(OC)cc1. The maximum Gasteiger partial charge on any atom is 0.220 e. The second kappa shape index (κ2) is 8.67. The Labute approximate surface area is 127 Å². The fourth-order valence-electron chi connectivity index (χ4n) is 2.09. The topological polar surface area (TPSA) is 58.6 Å². The Kier molecular flexibility index (Phi) is 7.23. The van der Waals surface area contributed by atoms with Crippen LogP contribution in [0, 0.1) is 5.92 Å². The third kappa shape index (κ3) is 5.76. The normalized spacial score (nSPS) is 15.1. The molecule has 1 rings (SSSR count). The number of rotatable bonds is 8. The fraction of sp³-hybridized carbons (Fsp3) is 0.588. The summed E-state index contributed by atoms with van der Waals surface area (Å²) >= 11 is 0. The number of ether oxygens (including phenoxy) is 1. The van der Waals surface area contributed by atoms with Gasteiger partial charge in [0.25, 0.3) is 0 Å². The Morgan fingerprint density at radius 2 is 1.90 bits per heavy atom. The van der Waals surface area contributed by atoms with Gasteiger partial charge in [0.05, 0.1) is 13.2 Å². The van der Waals surface area contributed by atoms with Gasteiger partial charge in [-0.05, 0) is 29.5 Å². The molecule has 1 aromatic carbocycles. The van der Waals surface area contributed by atoms with Gasteiger partial charge in [0.15, 0.2) is 0 Å². The molecule has 4 heteroatoms. The summed E-state index contributed by atoms with van der Waals surface area (Å²) in [5, 5.41) is 12.7. The molecule has 118 valence electrons. The van der Waals surface area contributed by atoms with E-state index < -0.39 is 6.10 Å². The molecule has 0 bridgehead atoms. The summed E-state index contributed by atoms with van der Waals surface area (Å²) in [4.78, 5) is 11.9. The van der Waals surface area contributed by atoms with Gasteiger partial charge in [-0.3, -0.25) is 4.79 Å². The molecule has 1 aromatic rings. The van der Waals surface area contributed by atoms with Gasteiger partial charge in [-0.1, -0.05) is 39.3 Å². The van der Waals surface area contributed by atoms with Crippen molar-refractivity contribution in [3.63, 3.8) is 0 Å². The van der Waals surface area contributed by atoms with Crippen LogP contribution in [0.3, 0.4) is 0 Å². The lowest BCUT2D eigenvalue weighted by Crippen LogP contribution is -2.35. The number of carbonyl (C=O) groups is 1. The second-order valence-electron chi connectivity index (χ2n) is 5.64. The number of amides is 1. The minimum absolute atomic E-state index is 0.0272. The maximum absolute atomic E-state index is 11.9. The summed E-state index contributed by atoms with van der Waals surface area (Å²) < 4.78 is 5.12. The number of aliphatic hydroxyl groups excluding tert-OH is 1. The van der Waals surface area contributed by atoms with Gasteiger partial charge in [-0.2, -0.15) is 0 Å². The Hall–Kier alpha value is -1.55. The number of hydrogen-bond acceptors (Lipinski definition) is 3. The number of carbonyl (C=O) groups excluding carboxylic acids is 1. The molecule has 3 unspecified atom stereocenters. The lowest BCUT2D eigenvalue weighted by molar-refractivity contribution is -0.122. The van der Waals surface area contributed by atoms with Gasteiger partial charge < -0.3 is 15.2 Å². The first-order valence-corrected chi connectivity index (χ1v) is 7.56. The van der Waals surface area contributed by atoms with Crippen molar-refractivity contribution in [2.45, 2.75) is 45.6 Å². The maximum atomic E-state index is 11.9. The molecule has 0 aromatic heterocycles. The smallest absolute Gasteiger partial charge is 0.220 e. The molecule has 3 atom stereocenters. The second-order valence-corrected chi connectivity index (χ2v) is 5.64. The average Bonchev–Trinajstić information content (AvgIpc) is 2.51. The van der Waals surface area contributed by atoms with Crippen molar-refractivity contribution < 1.29 is 14.6 Å². The van der Waals surface area contributed by atoms with Crippen molar-refractivity contribution in [2.75, 3.05) is 13.7 Å². The van der Waals surface area contributed by atoms with E-state index in [1.54, 1.807) is 7.11 Å². The van der Waals surface area contributed by atoms with Crippen LogP contribution in [0.5, 0.6) is 5.75 Å². The van der Waals surface area contributed by atoms with Gasteiger partial charge in [0, 0.05) is 13.0 Å². The molecular weight excluding hydrogens is 266 g/mol. The minimum atomic E-state index is -0.477. The van der Waals surface area contributed by atoms with Crippen LogP contribution >= 0.6 is 0 Å². The van der Waals surface area contributed by atoms with Crippen LogP contribution < -0.4 is 10.1 Å². The summed E-state index contributed by atoms with van der Waals surface area (Å²) in [6.45, 7) is 6.36. The Morgan fingerprint density at radius 3 is 2.43 bits per heavy atom. The standard InChI is InChI=1S/C17H27NO3/c1-5-12(2)16(19)11-18-17(20)10-13(3)14-6-8-15(21-4)9-7-14/h6-9,12-13,16,19H,5,10-11H2,1-4H3,(H,18,20). The minimum Gasteiger partial charge on any atom is -0.497 e. The van der Waals surface area contributed by atoms with Crippen LogP contribution in [0.25, 0.3) is 0 Å². The van der Waals surface area contributed by atoms with Crippen LogP contribution in [0.15, 0.2) is 24.3 Å². The zero-order valence-corrected chi connectivity index (χ0v) is 13.4. The highest BCUT2D eigenvalue weighted by Crippen LogP contribution is 2.21. The van der Waals surface area contributed by atoms with E-state index in [9.17, 15) is 9.90 Å². The number of benzene rings is 1. The zero-order valence-electron chi connectivity index (χ0n) is 13.4. The van der Waals surface area contributed by atoms with Crippen LogP contribution in [-0.4, -0.2) is 30.8 Å². The van der Waals surface area contributed by atoms with Crippen LogP contribution in [0.2, 0.25) is 0 Å². The van der Waals surface area contributed by atoms with Crippen molar-refractivity contribution in [3.05, 3.63) is 29.8 Å². The van der Waals surface area contributed by atoms with E-state index >= 15 is 0 Å². The molecule has 4 nitrogen and oxygen atoms in total. The van der Waals surface area contributed by atoms with E-state index in [4.69, 9.17) is 4.74 Å². The molecule has 0 aliphatic rings. The largest absolute Gasteiger partial charge is 0.497 e. The fourth-order valence-corrected chi connectivity index (χ4v) is 2.09. The summed E-state index contributed by atoms with van der Waals surface area (Å²) in [7, 11) is 1.63. The van der Waals surface area contributed by atoms with Gasteiger partial charge in [0.2, 0.25) is 5.91 Å². The van der Waals surface area contributed by atoms with Crippen LogP contribution in [0.4, 0.5) is 0 Å². The Bertz CT molecular complexity index is 430. The molecule has 0 aliphatic heterocycles. The molecule has 2 N–H and O–H groups in total. The molecule has 0 saturated carbocycles. The van der Waals surface area contributed by atoms with Crippen molar-refractivity contribution >= 4 is 5.91 Å². The number of hydrogen-bond donors (Lipinski definition) is 2. The van der Waals surface area contributed by atoms with Gasteiger partial charge >= 0.3 is 0 Å². The van der Waals surface area contributed by atoms with Crippen molar-refractivity contribution in [1.82, 2.24) is 5.32 Å². The first-order valence-electron chi connectivity index (χ1n) is 7.56. The van der Waals surface area contributed by atoms with Crippen LogP contribution in [-0.2, 0) is 4.79 Å². The molecular formula is C17H27NO3. The number of nitrogens with one attached hydrogen (secondary N) is 1. The highest BCUT2D eigenvalue weighted by molar-refractivity contribution is 5.76. The van der Waals surface area contributed by atoms with E-state index in [0.717, 1.165) is 17.7 Å². The molecule has 21 heavy (non-hydrogen) atoms. The Balaban J connectivity index is 2.42. The molecule has 0 spiro atoms. The summed E-state index contributed by atoms with van der Waals surface area (Å²) in [5.41, 5.74) is 1.11. The van der Waals surface area contributed by atoms with Gasteiger partial charge in [-0.15, -0.1) is 0 Å². The van der Waals surface area contributed by atoms with E-state index in [-0.39, 0.29) is 17.7 Å². The van der Waals surface area contributed by atoms with Crippen LogP contribution in [0.1, 0.15) is 45.1 Å². The monoisotopic (exact) mass is 293 g/mol. The summed E-state index contributed by atoms with van der Waals surface area (Å²) in [6, 6.07) is 7.75. The predicted octanol–water partition coefficient (Wildman–Crippen LogP) is 2.71. The third-order valence-electron chi connectivity index (χ3n) is 3.99. The highest BCUT2D eigenvalue weighted by Gasteiger charge is 2.15. The lowest BCUT2D eigenvalue weighted by atomic mass is 9.97. The first kappa shape index (κ1) is 17.5. The molecule has 0 radical (unpaired) electrons. The molecule has 0 saturated heterocycles. The van der Waals surface area contributed by atoms with E-state index in [2.05, 4.69) is 5.32 Å². The molecule has 0 heterocycles. The summed E-state index contributed by atoms with van der Waals surface area (Å²) in [5.74, 6) is 1.12. The number of aliphatic hydroxyl groups is 1. The molecule has 0 aliphatic carbocycles. The first-order chi connectivity index (χ1) is 9.97. The number of methoxy groups -OCH3 is 1. The van der Waals surface area contributed by atoms with E-state index in [1.165, 1.54) is 0 Å². The van der Waals surface area contributed by atoms with Gasteiger partial charge in [0.1, 0.15) is 5.75 Å². The Morgan fingerprint density at radius 1 is 1.29 bits per heavy atom. The van der Waals surface area contributed by atoms with E-state index in [1.807, 2.05) is 45.0 Å². The predicted molar refractivity (Wildman–Crippen MR) is 84.5 cm³/mol. The van der Waals surface area contributed by atoms with Crippen molar-refractivity contribution in [2.24, 2.45) is 5.92 Å². The zero-order chi connectivity index (χ0) is 15.8. The van der Waals surface area contributed by atoms with Crippen molar-refractivity contribution in [1.29, 1.82) is 0 Å². The van der Waals surface area contributed by atoms with E-state index in [0.29, 0.717) is 13.0 Å². The third-order valence-corrected chi connectivity index (χ3v) is 3.99. The van der Waals surface area contributed by atoms with Crippen molar-refractivity contribution in [3.8, 4) is 5.75 Å². The quantitative estimate of drug-likeness (QED) is 0.775. The molecule has 1 amide bonds. The highest BCUT2D eigenvalue weighted by atomic mass is 16.5.